The Labute approximate surface area is 160 Å². The zero-order valence-electron chi connectivity index (χ0n) is 16.5. The molecule has 1 aliphatic rings. The minimum atomic E-state index is 0.183. The van der Waals surface area contributed by atoms with Gasteiger partial charge < -0.3 is 19.7 Å². The van der Waals surface area contributed by atoms with Crippen LogP contribution in [0, 0.1) is 13.8 Å². The Morgan fingerprint density at radius 2 is 1.96 bits per heavy atom. The molecule has 1 aromatic carbocycles. The van der Waals surface area contributed by atoms with Crippen molar-refractivity contribution in [3.63, 3.8) is 0 Å². The van der Waals surface area contributed by atoms with Crippen molar-refractivity contribution in [3.8, 4) is 17.1 Å². The third kappa shape index (κ3) is 5.11. The predicted octanol–water partition coefficient (Wildman–Crippen LogP) is 2.43. The lowest BCUT2D eigenvalue weighted by atomic mass is 10.0. The largest absolute Gasteiger partial charge is 0.467 e. The molecule has 8 nitrogen and oxygen atoms in total. The third-order valence-corrected chi connectivity index (χ3v) is 4.61. The van der Waals surface area contributed by atoms with Crippen LogP contribution < -0.4 is 10.1 Å². The predicted molar refractivity (Wildman–Crippen MR) is 104 cm³/mol. The monoisotopic (exact) mass is 372 g/mol. The summed E-state index contributed by atoms with van der Waals surface area (Å²) >= 11 is 0. The zero-order valence-corrected chi connectivity index (χ0v) is 16.5. The van der Waals surface area contributed by atoms with Crippen molar-refractivity contribution in [3.05, 3.63) is 23.3 Å². The van der Waals surface area contributed by atoms with Crippen molar-refractivity contribution in [1.29, 1.82) is 0 Å². The van der Waals surface area contributed by atoms with Gasteiger partial charge in [0.05, 0.1) is 5.56 Å². The number of nitrogens with zero attached hydrogens (tertiary/aromatic N) is 5. The third-order valence-electron chi connectivity index (χ3n) is 4.61. The zero-order chi connectivity index (χ0) is 19.2. The molecule has 0 saturated carbocycles. The summed E-state index contributed by atoms with van der Waals surface area (Å²) in [5, 5.41) is 20.4. The topological polar surface area (TPSA) is 85.3 Å². The average molecular weight is 372 g/mol. The van der Waals surface area contributed by atoms with Crippen LogP contribution in [-0.2, 0) is 4.74 Å². The highest BCUT2D eigenvalue weighted by Crippen LogP contribution is 2.32. The van der Waals surface area contributed by atoms with Crippen molar-refractivity contribution in [2.45, 2.75) is 39.7 Å². The molecule has 8 heteroatoms. The molecular weight excluding hydrogens is 344 g/mol. The number of anilines is 1. The number of hydrogen-bond donors (Lipinski definition) is 1. The van der Waals surface area contributed by atoms with E-state index in [1.807, 2.05) is 26.8 Å². The quantitative estimate of drug-likeness (QED) is 0.586. The molecule has 2 aromatic rings. The molecule has 0 radical (unpaired) electrons. The molecule has 146 valence electrons. The Morgan fingerprint density at radius 1 is 1.19 bits per heavy atom. The van der Waals surface area contributed by atoms with Crippen molar-refractivity contribution in [2.24, 2.45) is 0 Å². The summed E-state index contributed by atoms with van der Waals surface area (Å²) in [5.74, 6) is 1.59. The number of rotatable bonds is 7. The maximum Gasteiger partial charge on any atom is 0.262 e. The molecule has 1 aliphatic heterocycles. The van der Waals surface area contributed by atoms with Crippen molar-refractivity contribution in [2.75, 3.05) is 38.9 Å². The summed E-state index contributed by atoms with van der Waals surface area (Å²) in [6, 6.07) is 4.34. The number of benzene rings is 1. The van der Waals surface area contributed by atoms with Gasteiger partial charge in [-0.15, -0.1) is 20.4 Å². The molecule has 0 unspecified atom stereocenters. The normalized spacial score (nSPS) is 17.7. The van der Waals surface area contributed by atoms with Gasteiger partial charge in [0, 0.05) is 19.2 Å². The fourth-order valence-electron chi connectivity index (χ4n) is 3.37. The molecular formula is C19H28N6O2. The Bertz CT molecular complexity index is 753. The lowest BCUT2D eigenvalue weighted by Crippen LogP contribution is -2.40. The van der Waals surface area contributed by atoms with Crippen LogP contribution in [0.1, 0.15) is 30.9 Å². The number of aromatic nitrogens is 4. The van der Waals surface area contributed by atoms with Crippen LogP contribution in [0.25, 0.3) is 11.4 Å². The van der Waals surface area contributed by atoms with Gasteiger partial charge in [-0.2, -0.15) is 0 Å². The van der Waals surface area contributed by atoms with Crippen molar-refractivity contribution >= 4 is 5.95 Å². The lowest BCUT2D eigenvalue weighted by Gasteiger charge is -2.29. The molecule has 1 fully saturated rings. The van der Waals surface area contributed by atoms with Gasteiger partial charge >= 0.3 is 0 Å². The van der Waals surface area contributed by atoms with Gasteiger partial charge in [0.15, 0.2) is 6.79 Å². The van der Waals surface area contributed by atoms with Gasteiger partial charge in [-0.05, 0) is 64.4 Å². The van der Waals surface area contributed by atoms with E-state index in [2.05, 4.69) is 43.7 Å². The van der Waals surface area contributed by atoms with Crippen LogP contribution in [0.2, 0.25) is 0 Å². The number of likely N-dealkylation sites (tertiary alicyclic amines) is 1. The number of aryl methyl sites for hydroxylation is 2. The van der Waals surface area contributed by atoms with Gasteiger partial charge in [-0.25, -0.2) is 0 Å². The Hall–Kier alpha value is -2.32. The number of likely N-dealkylation sites (N-methyl/N-ethyl adjacent to an activating group) is 1. The summed E-state index contributed by atoms with van der Waals surface area (Å²) < 4.78 is 11.1. The highest BCUT2D eigenvalue weighted by Gasteiger charge is 2.19. The summed E-state index contributed by atoms with van der Waals surface area (Å²) in [6.45, 7) is 8.83. The van der Waals surface area contributed by atoms with E-state index >= 15 is 0 Å². The second-order valence-electron chi connectivity index (χ2n) is 7.00. The minimum Gasteiger partial charge on any atom is -0.467 e. The maximum atomic E-state index is 5.78. The van der Waals surface area contributed by atoms with Crippen LogP contribution in [-0.4, -0.2) is 64.9 Å². The standard InChI is InChI=1S/C19H28N6O2/c1-5-26-12-27-16-10-13(2)9-14(3)17(16)18-21-23-19(24-22-18)20-15-7-6-8-25(4)11-15/h9-10,15H,5-8,11-12H2,1-4H3,(H,20,23,24)/t15-/m1/s1. The molecule has 0 amide bonds. The van der Waals surface area contributed by atoms with Crippen molar-refractivity contribution < 1.29 is 9.47 Å². The minimum absolute atomic E-state index is 0.183. The molecule has 27 heavy (non-hydrogen) atoms. The van der Waals surface area contributed by atoms with E-state index in [4.69, 9.17) is 9.47 Å². The van der Waals surface area contributed by atoms with Crippen LogP contribution in [0.15, 0.2) is 12.1 Å². The van der Waals surface area contributed by atoms with E-state index in [1.54, 1.807) is 0 Å². The van der Waals surface area contributed by atoms with Gasteiger partial charge in [-0.3, -0.25) is 0 Å². The molecule has 1 saturated heterocycles. The number of hydrogen-bond acceptors (Lipinski definition) is 8. The molecule has 0 bridgehead atoms. The number of ether oxygens (including phenoxy) is 2. The molecule has 1 atom stereocenters. The first-order valence-electron chi connectivity index (χ1n) is 9.41. The van der Waals surface area contributed by atoms with Gasteiger partial charge in [0.25, 0.3) is 5.95 Å². The molecule has 3 rings (SSSR count). The first-order chi connectivity index (χ1) is 13.1. The Balaban J connectivity index is 1.77. The Kier molecular flexibility index (Phi) is 6.52. The molecule has 0 aliphatic carbocycles. The fourth-order valence-corrected chi connectivity index (χ4v) is 3.37. The van der Waals surface area contributed by atoms with Crippen LogP contribution >= 0.6 is 0 Å². The van der Waals surface area contributed by atoms with Crippen LogP contribution in [0.3, 0.4) is 0 Å². The summed E-state index contributed by atoms with van der Waals surface area (Å²) in [6.07, 6.45) is 2.26. The van der Waals surface area contributed by atoms with E-state index in [0.717, 1.165) is 42.6 Å². The lowest BCUT2D eigenvalue weighted by molar-refractivity contribution is 0.0227. The molecule has 2 heterocycles. The number of piperidine rings is 1. The summed E-state index contributed by atoms with van der Waals surface area (Å²) in [5.41, 5.74) is 2.91. The summed E-state index contributed by atoms with van der Waals surface area (Å²) in [7, 11) is 2.12. The second kappa shape index (κ2) is 9.05. The average Bonchev–Trinajstić information content (AvgIpc) is 2.63. The molecule has 1 aromatic heterocycles. The first kappa shape index (κ1) is 19.4. The van der Waals surface area contributed by atoms with Crippen LogP contribution in [0.4, 0.5) is 5.95 Å². The second-order valence-corrected chi connectivity index (χ2v) is 7.00. The molecule has 1 N–H and O–H groups in total. The maximum absolute atomic E-state index is 5.78. The highest BCUT2D eigenvalue weighted by atomic mass is 16.7. The van der Waals surface area contributed by atoms with Gasteiger partial charge in [-0.1, -0.05) is 6.07 Å². The molecule has 0 spiro atoms. The van der Waals surface area contributed by atoms with Gasteiger partial charge in [0.1, 0.15) is 5.75 Å². The SMILES string of the molecule is CCOCOc1cc(C)cc(C)c1-c1nnc(N[C@@H]2CCCN(C)C2)nn1. The van der Waals surface area contributed by atoms with Gasteiger partial charge in [0.2, 0.25) is 5.82 Å². The Morgan fingerprint density at radius 3 is 2.67 bits per heavy atom. The fraction of sp³-hybridized carbons (Fsp3) is 0.579. The smallest absolute Gasteiger partial charge is 0.262 e. The van der Waals surface area contributed by atoms with E-state index in [0.29, 0.717) is 30.2 Å². The number of nitrogens with one attached hydrogen (secondary N) is 1. The van der Waals surface area contributed by atoms with E-state index in [9.17, 15) is 0 Å². The van der Waals surface area contributed by atoms with Crippen molar-refractivity contribution in [1.82, 2.24) is 25.3 Å². The van der Waals surface area contributed by atoms with E-state index < -0.39 is 0 Å². The van der Waals surface area contributed by atoms with Crippen LogP contribution in [0.5, 0.6) is 5.75 Å². The van der Waals surface area contributed by atoms with E-state index in [1.165, 1.54) is 0 Å². The summed E-state index contributed by atoms with van der Waals surface area (Å²) in [4.78, 5) is 2.30. The highest BCUT2D eigenvalue weighted by molar-refractivity contribution is 5.68. The first-order valence-corrected chi connectivity index (χ1v) is 9.41. The van der Waals surface area contributed by atoms with E-state index in [-0.39, 0.29) is 6.79 Å².